The molecular weight excluding hydrogens is 398 g/mol. The Hall–Kier alpha value is -3.48. The number of carbonyl (C=O) groups excluding carboxylic acids is 4. The average Bonchev–Trinajstić information content (AvgIpc) is 3.15. The van der Waals surface area contributed by atoms with Crippen LogP contribution in [0.3, 0.4) is 0 Å². The maximum Gasteiger partial charge on any atom is 0.326 e. The van der Waals surface area contributed by atoms with Gasteiger partial charge < -0.3 is 37.5 Å². The molecular formula is C17H27N7O6. The van der Waals surface area contributed by atoms with Crippen molar-refractivity contribution in [1.82, 2.24) is 25.9 Å². The maximum atomic E-state index is 12.6. The van der Waals surface area contributed by atoms with E-state index in [1.807, 2.05) is 0 Å². The van der Waals surface area contributed by atoms with Crippen LogP contribution in [0.4, 0.5) is 0 Å². The summed E-state index contributed by atoms with van der Waals surface area (Å²) in [5.74, 6) is -4.55. The van der Waals surface area contributed by atoms with Crippen molar-refractivity contribution in [2.45, 2.75) is 44.8 Å². The molecule has 30 heavy (non-hydrogen) atoms. The van der Waals surface area contributed by atoms with E-state index in [0.717, 1.165) is 0 Å². The van der Waals surface area contributed by atoms with Crippen molar-refractivity contribution in [1.29, 1.82) is 0 Å². The molecule has 1 rings (SSSR count). The summed E-state index contributed by atoms with van der Waals surface area (Å²) in [7, 11) is 0. The number of nitrogens with two attached hydrogens (primary N) is 2. The summed E-state index contributed by atoms with van der Waals surface area (Å²) in [5, 5.41) is 16.3. The molecule has 0 aliphatic rings. The first-order valence-electron chi connectivity index (χ1n) is 9.12. The van der Waals surface area contributed by atoms with Gasteiger partial charge >= 0.3 is 5.97 Å². The summed E-state index contributed by atoms with van der Waals surface area (Å²) >= 11 is 0. The Bertz CT molecular complexity index is 765. The van der Waals surface area contributed by atoms with Crippen molar-refractivity contribution in [3.8, 4) is 0 Å². The zero-order valence-corrected chi connectivity index (χ0v) is 16.7. The zero-order chi connectivity index (χ0) is 22.8. The first kappa shape index (κ1) is 24.6. The highest BCUT2D eigenvalue weighted by Gasteiger charge is 2.29. The number of H-pyrrole nitrogens is 1. The Labute approximate surface area is 172 Å². The van der Waals surface area contributed by atoms with Gasteiger partial charge in [0.15, 0.2) is 0 Å². The number of carboxylic acid groups (broad SMARTS) is 1. The normalized spacial score (nSPS) is 13.7. The Morgan fingerprint density at radius 2 is 1.83 bits per heavy atom. The van der Waals surface area contributed by atoms with Crippen LogP contribution < -0.4 is 27.4 Å². The van der Waals surface area contributed by atoms with Gasteiger partial charge in [0.1, 0.15) is 12.1 Å². The highest BCUT2D eigenvalue weighted by atomic mass is 16.4. The number of aromatic amines is 1. The van der Waals surface area contributed by atoms with Gasteiger partial charge in [-0.2, -0.15) is 0 Å². The number of carbonyl (C=O) groups is 5. The van der Waals surface area contributed by atoms with Crippen LogP contribution in [-0.4, -0.2) is 69.3 Å². The van der Waals surface area contributed by atoms with Crippen molar-refractivity contribution in [3.05, 3.63) is 18.2 Å². The molecule has 0 saturated heterocycles. The molecule has 13 heteroatoms. The number of aliphatic carboxylic acids is 1. The van der Waals surface area contributed by atoms with E-state index in [-0.39, 0.29) is 18.8 Å². The lowest BCUT2D eigenvalue weighted by atomic mass is 10.0. The van der Waals surface area contributed by atoms with Crippen LogP contribution >= 0.6 is 0 Å². The molecule has 0 bridgehead atoms. The van der Waals surface area contributed by atoms with E-state index in [1.54, 1.807) is 13.8 Å². The number of hydrogen-bond acceptors (Lipinski definition) is 7. The number of nitrogens with one attached hydrogen (secondary N) is 4. The first-order chi connectivity index (χ1) is 14.0. The van der Waals surface area contributed by atoms with Crippen LogP contribution in [-0.2, 0) is 30.4 Å². The average molecular weight is 425 g/mol. The van der Waals surface area contributed by atoms with Crippen LogP contribution in [0.5, 0.6) is 0 Å². The summed E-state index contributed by atoms with van der Waals surface area (Å²) in [6, 6.07) is -3.48. The lowest BCUT2D eigenvalue weighted by Gasteiger charge is -2.23. The third-order valence-corrected chi connectivity index (χ3v) is 4.04. The van der Waals surface area contributed by atoms with Crippen LogP contribution in [0.25, 0.3) is 0 Å². The first-order valence-corrected chi connectivity index (χ1v) is 9.12. The molecule has 0 fully saturated rings. The quantitative estimate of drug-likeness (QED) is 0.182. The minimum absolute atomic E-state index is 0.0111. The Morgan fingerprint density at radius 1 is 1.17 bits per heavy atom. The molecule has 0 radical (unpaired) electrons. The topological polar surface area (TPSA) is 222 Å². The molecule has 1 aromatic heterocycles. The number of rotatable bonds is 12. The number of aromatic nitrogens is 2. The standard InChI is InChI=1S/C17H27N7O6/c1-8(2)14(17(29)30)24-16(28)11(3-9-5-20-7-22-9)23-13(26)6-21-15(27)10(18)4-12(19)25/h5,7-8,10-11,14H,3-4,6,18H2,1-2H3,(H2,19,25)(H,20,22)(H,21,27)(H,23,26)(H,24,28)(H,29,30). The second-order valence-corrected chi connectivity index (χ2v) is 6.96. The fourth-order valence-electron chi connectivity index (χ4n) is 2.45. The summed E-state index contributed by atoms with van der Waals surface area (Å²) < 4.78 is 0. The van der Waals surface area contributed by atoms with Gasteiger partial charge in [0.05, 0.1) is 25.3 Å². The Morgan fingerprint density at radius 3 is 2.33 bits per heavy atom. The van der Waals surface area contributed by atoms with E-state index in [4.69, 9.17) is 11.5 Å². The van der Waals surface area contributed by atoms with Crippen molar-refractivity contribution in [3.63, 3.8) is 0 Å². The monoisotopic (exact) mass is 425 g/mol. The van der Waals surface area contributed by atoms with Gasteiger partial charge in [-0.25, -0.2) is 9.78 Å². The predicted octanol–water partition coefficient (Wildman–Crippen LogP) is -3.02. The van der Waals surface area contributed by atoms with Gasteiger partial charge in [-0.05, 0) is 5.92 Å². The van der Waals surface area contributed by atoms with Gasteiger partial charge in [-0.15, -0.1) is 0 Å². The zero-order valence-electron chi connectivity index (χ0n) is 16.7. The largest absolute Gasteiger partial charge is 0.480 e. The number of hydrogen-bond donors (Lipinski definition) is 7. The number of nitrogens with zero attached hydrogens (tertiary/aromatic N) is 1. The summed E-state index contributed by atoms with van der Waals surface area (Å²) in [6.45, 7) is 2.75. The molecule has 1 aromatic rings. The van der Waals surface area contributed by atoms with E-state index in [1.165, 1.54) is 12.5 Å². The van der Waals surface area contributed by atoms with Crippen LogP contribution in [0, 0.1) is 5.92 Å². The fraction of sp³-hybridized carbons (Fsp3) is 0.529. The molecule has 166 valence electrons. The molecule has 9 N–H and O–H groups in total. The van der Waals surface area contributed by atoms with E-state index < -0.39 is 54.3 Å². The highest BCUT2D eigenvalue weighted by molar-refractivity contribution is 5.93. The van der Waals surface area contributed by atoms with E-state index in [2.05, 4.69) is 25.9 Å². The summed E-state index contributed by atoms with van der Waals surface area (Å²) in [5.41, 5.74) is 11.0. The number of primary amides is 1. The van der Waals surface area contributed by atoms with Crippen molar-refractivity contribution >= 4 is 29.6 Å². The van der Waals surface area contributed by atoms with Crippen molar-refractivity contribution in [2.24, 2.45) is 17.4 Å². The molecule has 1 heterocycles. The van der Waals surface area contributed by atoms with Crippen molar-refractivity contribution < 1.29 is 29.1 Å². The molecule has 0 spiro atoms. The smallest absolute Gasteiger partial charge is 0.326 e. The van der Waals surface area contributed by atoms with E-state index in [9.17, 15) is 29.1 Å². The minimum Gasteiger partial charge on any atom is -0.480 e. The SMILES string of the molecule is CC(C)C(NC(=O)C(Cc1cnc[nH]1)NC(=O)CNC(=O)C(N)CC(N)=O)C(=O)O. The third-order valence-electron chi connectivity index (χ3n) is 4.04. The molecule has 3 unspecified atom stereocenters. The van der Waals surface area contributed by atoms with Gasteiger partial charge in [-0.3, -0.25) is 19.2 Å². The molecule has 0 aliphatic heterocycles. The fourth-order valence-corrected chi connectivity index (χ4v) is 2.45. The lowest BCUT2D eigenvalue weighted by molar-refractivity contribution is -0.143. The number of carboxylic acids is 1. The molecule has 4 amide bonds. The van der Waals surface area contributed by atoms with Gasteiger partial charge in [0, 0.05) is 18.3 Å². The minimum atomic E-state index is -1.21. The predicted molar refractivity (Wildman–Crippen MR) is 103 cm³/mol. The molecule has 0 aromatic carbocycles. The highest BCUT2D eigenvalue weighted by Crippen LogP contribution is 2.05. The molecule has 3 atom stereocenters. The van der Waals surface area contributed by atoms with Crippen molar-refractivity contribution in [2.75, 3.05) is 6.54 Å². The number of imidazole rings is 1. The van der Waals surface area contributed by atoms with E-state index >= 15 is 0 Å². The summed E-state index contributed by atoms with van der Waals surface area (Å²) in [6.07, 6.45) is 2.47. The summed E-state index contributed by atoms with van der Waals surface area (Å²) in [4.78, 5) is 65.4. The second kappa shape index (κ2) is 11.5. The lowest BCUT2D eigenvalue weighted by Crippen LogP contribution is -2.55. The molecule has 13 nitrogen and oxygen atoms in total. The van der Waals surface area contributed by atoms with Gasteiger partial charge in [0.25, 0.3) is 0 Å². The van der Waals surface area contributed by atoms with Crippen LogP contribution in [0.1, 0.15) is 26.0 Å². The van der Waals surface area contributed by atoms with E-state index in [0.29, 0.717) is 5.69 Å². The van der Waals surface area contributed by atoms with Gasteiger partial charge in [0.2, 0.25) is 23.6 Å². The number of amides is 4. The molecule has 0 saturated carbocycles. The Balaban J connectivity index is 2.77. The van der Waals surface area contributed by atoms with Gasteiger partial charge in [-0.1, -0.05) is 13.8 Å². The molecule has 0 aliphatic carbocycles. The maximum absolute atomic E-state index is 12.6. The third kappa shape index (κ3) is 8.26. The van der Waals surface area contributed by atoms with Crippen LogP contribution in [0.2, 0.25) is 0 Å². The second-order valence-electron chi connectivity index (χ2n) is 6.96. The Kier molecular flexibility index (Phi) is 9.42. The van der Waals surface area contributed by atoms with Crippen LogP contribution in [0.15, 0.2) is 12.5 Å².